The number of imidazole rings is 2. The fraction of sp³-hybridized carbons (Fsp3) is 0.476. The van der Waals surface area contributed by atoms with Crippen molar-refractivity contribution in [3.8, 4) is 0 Å². The van der Waals surface area contributed by atoms with Crippen molar-refractivity contribution in [2.24, 2.45) is 5.73 Å². The van der Waals surface area contributed by atoms with E-state index in [1.165, 1.54) is 32.0 Å². The molecule has 5 unspecified atom stereocenters. The first-order chi connectivity index (χ1) is 17.5. The third-order valence-electron chi connectivity index (χ3n) is 5.27. The van der Waals surface area contributed by atoms with Crippen LogP contribution < -0.4 is 21.7 Å². The third kappa shape index (κ3) is 9.34. The number of H-pyrrole nitrogens is 2. The molecule has 0 saturated carbocycles. The molecule has 0 aliphatic carbocycles. The number of nitrogens with zero attached hydrogens (tertiary/aromatic N) is 2. The summed E-state index contributed by atoms with van der Waals surface area (Å²) in [7, 11) is 0. The Morgan fingerprint density at radius 2 is 1.43 bits per heavy atom. The highest BCUT2D eigenvalue weighted by molar-refractivity contribution is 5.94. The average molecular weight is 523 g/mol. The zero-order valence-corrected chi connectivity index (χ0v) is 19.9. The molecule has 0 saturated heterocycles. The van der Waals surface area contributed by atoms with Gasteiger partial charge < -0.3 is 47.0 Å². The number of aliphatic hydroxyl groups is 1. The number of nitrogens with one attached hydrogen (secondary N) is 5. The molecule has 0 aliphatic rings. The number of carbonyl (C=O) groups excluding carboxylic acids is 3. The van der Waals surface area contributed by atoms with Crippen molar-refractivity contribution in [1.82, 2.24) is 35.9 Å². The first-order valence-corrected chi connectivity index (χ1v) is 11.2. The summed E-state index contributed by atoms with van der Waals surface area (Å²) in [5.74, 6) is -5.29. The molecule has 5 atom stereocenters. The van der Waals surface area contributed by atoms with Crippen LogP contribution in [0.15, 0.2) is 25.0 Å². The summed E-state index contributed by atoms with van der Waals surface area (Å²) in [5, 5.41) is 35.0. The van der Waals surface area contributed by atoms with Gasteiger partial charge in [-0.25, -0.2) is 14.8 Å². The van der Waals surface area contributed by atoms with E-state index in [-0.39, 0.29) is 19.3 Å². The summed E-state index contributed by atoms with van der Waals surface area (Å²) in [6.07, 6.45) is 3.28. The Bertz CT molecular complexity index is 1060. The highest BCUT2D eigenvalue weighted by Crippen LogP contribution is 2.06. The van der Waals surface area contributed by atoms with Gasteiger partial charge in [0.15, 0.2) is 6.04 Å². The van der Waals surface area contributed by atoms with Gasteiger partial charge in [0.2, 0.25) is 17.7 Å². The maximum atomic E-state index is 13.1. The fourth-order valence-corrected chi connectivity index (χ4v) is 3.28. The van der Waals surface area contributed by atoms with Crippen molar-refractivity contribution in [3.05, 3.63) is 36.4 Å². The van der Waals surface area contributed by atoms with Crippen LogP contribution in [0.25, 0.3) is 0 Å². The fourth-order valence-electron chi connectivity index (χ4n) is 3.28. The predicted octanol–water partition coefficient (Wildman–Crippen LogP) is -2.97. The monoisotopic (exact) mass is 522 g/mol. The molecule has 0 aromatic carbocycles. The molecule has 16 nitrogen and oxygen atoms in total. The number of carboxylic acid groups (broad SMARTS) is 2. The van der Waals surface area contributed by atoms with Gasteiger partial charge in [0, 0.05) is 43.0 Å². The number of hydrogen-bond acceptors (Lipinski definition) is 9. The van der Waals surface area contributed by atoms with Crippen molar-refractivity contribution < 1.29 is 39.3 Å². The van der Waals surface area contributed by atoms with Crippen LogP contribution in [0, 0.1) is 0 Å². The molecule has 2 aromatic rings. The second-order valence-electron chi connectivity index (χ2n) is 8.29. The van der Waals surface area contributed by atoms with Gasteiger partial charge in [-0.2, -0.15) is 0 Å². The molecule has 0 radical (unpaired) electrons. The Hall–Kier alpha value is -4.31. The largest absolute Gasteiger partial charge is 0.481 e. The Kier molecular flexibility index (Phi) is 10.7. The van der Waals surface area contributed by atoms with E-state index in [1.54, 1.807) is 0 Å². The molecule has 0 spiro atoms. The van der Waals surface area contributed by atoms with Crippen molar-refractivity contribution >= 4 is 29.7 Å². The van der Waals surface area contributed by atoms with Gasteiger partial charge in [-0.3, -0.25) is 19.2 Å². The molecule has 0 fully saturated rings. The lowest BCUT2D eigenvalue weighted by molar-refractivity contribution is -0.145. The van der Waals surface area contributed by atoms with E-state index >= 15 is 0 Å². The van der Waals surface area contributed by atoms with Gasteiger partial charge in [-0.05, 0) is 13.3 Å². The van der Waals surface area contributed by atoms with Crippen LogP contribution in [-0.2, 0) is 36.8 Å². The summed E-state index contributed by atoms with van der Waals surface area (Å²) in [4.78, 5) is 74.3. The SMILES string of the molecule is CC(O)C(NC(=O)C(Cc1cnc[nH]1)NC(=O)C(CCC(=O)O)NC(=O)C(N)Cc1cnc[nH]1)C(=O)O. The van der Waals surface area contributed by atoms with Crippen LogP contribution in [0.2, 0.25) is 0 Å². The van der Waals surface area contributed by atoms with E-state index in [0.29, 0.717) is 11.4 Å². The predicted molar refractivity (Wildman–Crippen MR) is 125 cm³/mol. The topological polar surface area (TPSA) is 266 Å². The molecule has 10 N–H and O–H groups in total. The number of hydrogen-bond donors (Lipinski definition) is 9. The Labute approximate surface area is 210 Å². The number of aromatic amines is 2. The Morgan fingerprint density at radius 1 is 0.892 bits per heavy atom. The number of carbonyl (C=O) groups is 5. The van der Waals surface area contributed by atoms with Crippen LogP contribution in [0.5, 0.6) is 0 Å². The van der Waals surface area contributed by atoms with Gasteiger partial charge in [-0.1, -0.05) is 0 Å². The number of aliphatic hydroxyl groups excluding tert-OH is 1. The molecule has 16 heteroatoms. The van der Waals surface area contributed by atoms with Crippen LogP contribution in [-0.4, -0.2) is 95.2 Å². The molecule has 0 bridgehead atoms. The van der Waals surface area contributed by atoms with E-state index in [0.717, 1.165) is 0 Å². The smallest absolute Gasteiger partial charge is 0.328 e. The molecule has 2 heterocycles. The average Bonchev–Trinajstić information content (AvgIpc) is 3.53. The van der Waals surface area contributed by atoms with Gasteiger partial charge in [0.1, 0.15) is 12.1 Å². The van der Waals surface area contributed by atoms with Gasteiger partial charge in [-0.15, -0.1) is 0 Å². The van der Waals surface area contributed by atoms with Crippen molar-refractivity contribution in [2.75, 3.05) is 0 Å². The standard InChI is InChI=1S/C21H30N8O8/c1-10(30)17(21(36)37)29-20(35)15(5-12-7-24-9-26-12)28-19(34)14(2-3-16(31)32)27-18(33)13(22)4-11-6-23-8-25-11/h6-10,13-15,17,30H,2-5,22H2,1H3,(H,23,25)(H,24,26)(H,27,33)(H,28,34)(H,29,35)(H,31,32)(H,36,37). The van der Waals surface area contributed by atoms with Gasteiger partial charge >= 0.3 is 11.9 Å². The van der Waals surface area contributed by atoms with Crippen LogP contribution in [0.3, 0.4) is 0 Å². The van der Waals surface area contributed by atoms with E-state index in [2.05, 4.69) is 35.9 Å². The van der Waals surface area contributed by atoms with E-state index < -0.39 is 66.4 Å². The zero-order valence-electron chi connectivity index (χ0n) is 19.9. The number of aliphatic carboxylic acids is 2. The minimum Gasteiger partial charge on any atom is -0.481 e. The quantitative estimate of drug-likeness (QED) is 0.114. The first kappa shape index (κ1) is 28.9. The lowest BCUT2D eigenvalue weighted by Gasteiger charge is -2.25. The van der Waals surface area contributed by atoms with E-state index in [9.17, 15) is 34.2 Å². The summed E-state index contributed by atoms with van der Waals surface area (Å²) < 4.78 is 0. The number of nitrogens with two attached hydrogens (primary N) is 1. The number of carboxylic acids is 2. The number of aromatic nitrogens is 4. The lowest BCUT2D eigenvalue weighted by atomic mass is 10.1. The van der Waals surface area contributed by atoms with Crippen molar-refractivity contribution in [3.63, 3.8) is 0 Å². The van der Waals surface area contributed by atoms with Crippen LogP contribution >= 0.6 is 0 Å². The maximum absolute atomic E-state index is 13.1. The normalized spacial score (nSPS) is 15.0. The minimum atomic E-state index is -1.66. The highest BCUT2D eigenvalue weighted by Gasteiger charge is 2.32. The maximum Gasteiger partial charge on any atom is 0.328 e. The third-order valence-corrected chi connectivity index (χ3v) is 5.27. The minimum absolute atomic E-state index is 0.0693. The summed E-state index contributed by atoms with van der Waals surface area (Å²) in [5.41, 5.74) is 6.88. The van der Waals surface area contributed by atoms with Crippen LogP contribution in [0.4, 0.5) is 0 Å². The number of amides is 3. The lowest BCUT2D eigenvalue weighted by Crippen LogP contribution is -2.59. The Balaban J connectivity index is 2.18. The van der Waals surface area contributed by atoms with Crippen LogP contribution in [0.1, 0.15) is 31.2 Å². The van der Waals surface area contributed by atoms with E-state index in [1.807, 2.05) is 0 Å². The molecule has 2 aromatic heterocycles. The second-order valence-corrected chi connectivity index (χ2v) is 8.29. The van der Waals surface area contributed by atoms with Gasteiger partial charge in [0.05, 0.1) is 24.8 Å². The molecular formula is C21H30N8O8. The molecule has 2 rings (SSSR count). The zero-order chi connectivity index (χ0) is 27.5. The molecule has 37 heavy (non-hydrogen) atoms. The molecular weight excluding hydrogens is 492 g/mol. The first-order valence-electron chi connectivity index (χ1n) is 11.2. The summed E-state index contributed by atoms with van der Waals surface area (Å²) >= 11 is 0. The second kappa shape index (κ2) is 13.7. The van der Waals surface area contributed by atoms with E-state index in [4.69, 9.17) is 10.8 Å². The number of rotatable bonds is 15. The summed E-state index contributed by atoms with van der Waals surface area (Å²) in [6.45, 7) is 1.17. The van der Waals surface area contributed by atoms with Crippen molar-refractivity contribution in [2.45, 2.75) is 62.9 Å². The summed E-state index contributed by atoms with van der Waals surface area (Å²) in [6, 6.07) is -5.49. The molecule has 202 valence electrons. The molecule has 3 amide bonds. The van der Waals surface area contributed by atoms with Gasteiger partial charge in [0.25, 0.3) is 0 Å². The van der Waals surface area contributed by atoms with Crippen molar-refractivity contribution in [1.29, 1.82) is 0 Å². The Morgan fingerprint density at radius 3 is 1.92 bits per heavy atom. The highest BCUT2D eigenvalue weighted by atomic mass is 16.4. The molecule has 0 aliphatic heterocycles.